The fraction of sp³-hybridized carbons (Fsp3) is 0.462. The lowest BCUT2D eigenvalue weighted by Gasteiger charge is -2.32. The fourth-order valence-corrected chi connectivity index (χ4v) is 5.18. The second kappa shape index (κ2) is 9.23. The molecule has 168 valence electrons. The monoisotopic (exact) mass is 434 g/mol. The Labute approximate surface area is 188 Å². The summed E-state index contributed by atoms with van der Waals surface area (Å²) in [5.74, 6) is 1.86. The van der Waals surface area contributed by atoms with Crippen LogP contribution in [0.1, 0.15) is 61.7 Å². The summed E-state index contributed by atoms with van der Waals surface area (Å²) in [6, 6.07) is 15.8. The maximum atomic E-state index is 12.9. The number of benzene rings is 2. The van der Waals surface area contributed by atoms with Crippen molar-refractivity contribution in [3.8, 4) is 11.5 Å². The standard InChI is InChI=1S/C26H30N2O4/c29-25(27-21-13-15-31-23-7-3-1-5-19(21)23)17-9-11-18(12-10-17)26(30)28-22-14-16-32-24-8-4-2-6-20(22)24/h1-8,17-18,21-22H,9-16H2,(H,27,29)(H,28,30). The van der Waals surface area contributed by atoms with Crippen molar-refractivity contribution in [1.82, 2.24) is 10.6 Å². The molecule has 6 heteroatoms. The van der Waals surface area contributed by atoms with E-state index in [1.54, 1.807) is 0 Å². The number of hydrogen-bond donors (Lipinski definition) is 2. The minimum absolute atomic E-state index is 0.00191. The van der Waals surface area contributed by atoms with Gasteiger partial charge in [-0.05, 0) is 37.8 Å². The Bertz CT molecular complexity index is 904. The number of fused-ring (bicyclic) bond motifs is 2. The van der Waals surface area contributed by atoms with Crippen LogP contribution in [-0.2, 0) is 9.59 Å². The zero-order valence-electron chi connectivity index (χ0n) is 18.2. The van der Waals surface area contributed by atoms with E-state index < -0.39 is 0 Å². The van der Waals surface area contributed by atoms with E-state index in [0.717, 1.165) is 61.2 Å². The van der Waals surface area contributed by atoms with Gasteiger partial charge >= 0.3 is 0 Å². The Hall–Kier alpha value is -3.02. The molecule has 1 fully saturated rings. The SMILES string of the molecule is O=C(NC1CCOc2ccccc21)C1CCC(C(=O)NC2CCOc3ccccc32)CC1. The van der Waals surface area contributed by atoms with Crippen molar-refractivity contribution in [2.24, 2.45) is 11.8 Å². The Balaban J connectivity index is 1.14. The van der Waals surface area contributed by atoms with E-state index in [4.69, 9.17) is 9.47 Å². The normalized spacial score (nSPS) is 26.5. The van der Waals surface area contributed by atoms with Crippen LogP contribution in [0.25, 0.3) is 0 Å². The Morgan fingerprint density at radius 3 is 1.47 bits per heavy atom. The molecule has 0 spiro atoms. The summed E-state index contributed by atoms with van der Waals surface area (Å²) >= 11 is 0. The largest absolute Gasteiger partial charge is 0.493 e. The molecule has 0 radical (unpaired) electrons. The van der Waals surface area contributed by atoms with Crippen LogP contribution in [0.4, 0.5) is 0 Å². The molecule has 1 aliphatic carbocycles. The highest BCUT2D eigenvalue weighted by Gasteiger charge is 2.33. The number of nitrogens with one attached hydrogen (secondary N) is 2. The molecule has 0 aromatic heterocycles. The summed E-state index contributed by atoms with van der Waals surface area (Å²) in [5.41, 5.74) is 2.11. The van der Waals surface area contributed by atoms with Crippen LogP contribution in [0.2, 0.25) is 0 Å². The number of hydrogen-bond acceptors (Lipinski definition) is 4. The zero-order valence-corrected chi connectivity index (χ0v) is 18.2. The first-order valence-corrected chi connectivity index (χ1v) is 11.7. The van der Waals surface area contributed by atoms with Crippen molar-refractivity contribution in [1.29, 1.82) is 0 Å². The van der Waals surface area contributed by atoms with Gasteiger partial charge in [0.25, 0.3) is 0 Å². The van der Waals surface area contributed by atoms with Gasteiger partial charge in [-0.3, -0.25) is 9.59 Å². The molecular formula is C26H30N2O4. The average molecular weight is 435 g/mol. The molecule has 2 N–H and O–H groups in total. The van der Waals surface area contributed by atoms with Gasteiger partial charge in [0.15, 0.2) is 0 Å². The Morgan fingerprint density at radius 2 is 1.03 bits per heavy atom. The first kappa shape index (κ1) is 20.9. The zero-order chi connectivity index (χ0) is 21.9. The maximum Gasteiger partial charge on any atom is 0.223 e. The summed E-state index contributed by atoms with van der Waals surface area (Å²) in [7, 11) is 0. The third-order valence-electron chi connectivity index (χ3n) is 7.02. The van der Waals surface area contributed by atoms with E-state index in [1.807, 2.05) is 48.5 Å². The second-order valence-electron chi connectivity index (χ2n) is 9.02. The predicted molar refractivity (Wildman–Crippen MR) is 120 cm³/mol. The highest BCUT2D eigenvalue weighted by atomic mass is 16.5. The number of carbonyl (C=O) groups excluding carboxylic acids is 2. The van der Waals surface area contributed by atoms with Crippen molar-refractivity contribution < 1.29 is 19.1 Å². The summed E-state index contributed by atoms with van der Waals surface area (Å²) < 4.78 is 11.4. The van der Waals surface area contributed by atoms with Gasteiger partial charge in [-0.25, -0.2) is 0 Å². The minimum Gasteiger partial charge on any atom is -0.493 e. The van der Waals surface area contributed by atoms with Crippen LogP contribution in [0.3, 0.4) is 0 Å². The van der Waals surface area contributed by atoms with Gasteiger partial charge in [0.2, 0.25) is 11.8 Å². The highest BCUT2D eigenvalue weighted by Crippen LogP contribution is 2.35. The summed E-state index contributed by atoms with van der Waals surface area (Å²) in [6.07, 6.45) is 4.57. The quantitative estimate of drug-likeness (QED) is 0.761. The molecule has 32 heavy (non-hydrogen) atoms. The molecule has 2 aromatic carbocycles. The van der Waals surface area contributed by atoms with Crippen molar-refractivity contribution in [2.75, 3.05) is 13.2 Å². The lowest BCUT2D eigenvalue weighted by atomic mass is 9.80. The first-order valence-electron chi connectivity index (χ1n) is 11.7. The molecule has 2 heterocycles. The van der Waals surface area contributed by atoms with Gasteiger partial charge in [0.1, 0.15) is 11.5 Å². The van der Waals surface area contributed by atoms with Crippen LogP contribution in [0.5, 0.6) is 11.5 Å². The molecular weight excluding hydrogens is 404 g/mol. The van der Waals surface area contributed by atoms with E-state index in [2.05, 4.69) is 10.6 Å². The van der Waals surface area contributed by atoms with Crippen LogP contribution in [0, 0.1) is 11.8 Å². The van der Waals surface area contributed by atoms with Crippen molar-refractivity contribution in [3.63, 3.8) is 0 Å². The smallest absolute Gasteiger partial charge is 0.223 e. The lowest BCUT2D eigenvalue weighted by Crippen LogP contribution is -2.41. The Kier molecular flexibility index (Phi) is 6.02. The molecule has 3 aliphatic rings. The first-order chi connectivity index (χ1) is 15.7. The molecule has 1 saturated carbocycles. The molecule has 0 saturated heterocycles. The second-order valence-corrected chi connectivity index (χ2v) is 9.02. The average Bonchev–Trinajstić information content (AvgIpc) is 2.84. The van der Waals surface area contributed by atoms with Gasteiger partial charge in [-0.2, -0.15) is 0 Å². The topological polar surface area (TPSA) is 76.7 Å². The van der Waals surface area contributed by atoms with Gasteiger partial charge in [0.05, 0.1) is 25.3 Å². The molecule has 2 atom stereocenters. The van der Waals surface area contributed by atoms with Gasteiger partial charge < -0.3 is 20.1 Å². The summed E-state index contributed by atoms with van der Waals surface area (Å²) in [6.45, 7) is 1.23. The minimum atomic E-state index is -0.0298. The van der Waals surface area contributed by atoms with E-state index in [1.165, 1.54) is 0 Å². The van der Waals surface area contributed by atoms with E-state index in [9.17, 15) is 9.59 Å². The third kappa shape index (κ3) is 4.31. The fourth-order valence-electron chi connectivity index (χ4n) is 5.18. The highest BCUT2D eigenvalue weighted by molar-refractivity contribution is 5.81. The number of rotatable bonds is 4. The lowest BCUT2D eigenvalue weighted by molar-refractivity contribution is -0.131. The van der Waals surface area contributed by atoms with Crippen LogP contribution in [0.15, 0.2) is 48.5 Å². The Morgan fingerprint density at radius 1 is 0.625 bits per heavy atom. The molecule has 2 unspecified atom stereocenters. The van der Waals surface area contributed by atoms with E-state index in [0.29, 0.717) is 13.2 Å². The number of amides is 2. The molecule has 2 aliphatic heterocycles. The molecule has 2 amide bonds. The summed E-state index contributed by atoms with van der Waals surface area (Å²) in [5, 5.41) is 6.46. The van der Waals surface area contributed by atoms with Crippen LogP contribution >= 0.6 is 0 Å². The van der Waals surface area contributed by atoms with Crippen LogP contribution < -0.4 is 20.1 Å². The number of ether oxygens (including phenoxy) is 2. The van der Waals surface area contributed by atoms with Crippen molar-refractivity contribution in [3.05, 3.63) is 59.7 Å². The third-order valence-corrected chi connectivity index (χ3v) is 7.02. The van der Waals surface area contributed by atoms with E-state index in [-0.39, 0.29) is 35.7 Å². The van der Waals surface area contributed by atoms with Crippen molar-refractivity contribution >= 4 is 11.8 Å². The summed E-state index contributed by atoms with van der Waals surface area (Å²) in [4.78, 5) is 25.9. The van der Waals surface area contributed by atoms with E-state index >= 15 is 0 Å². The molecule has 2 aromatic rings. The van der Waals surface area contributed by atoms with Crippen LogP contribution in [-0.4, -0.2) is 25.0 Å². The maximum absolute atomic E-state index is 12.9. The molecule has 0 bridgehead atoms. The number of carbonyl (C=O) groups is 2. The number of para-hydroxylation sites is 2. The van der Waals surface area contributed by atoms with Gasteiger partial charge in [-0.15, -0.1) is 0 Å². The molecule has 6 nitrogen and oxygen atoms in total. The van der Waals surface area contributed by atoms with Crippen molar-refractivity contribution in [2.45, 2.75) is 50.6 Å². The van der Waals surface area contributed by atoms with Gasteiger partial charge in [0, 0.05) is 35.8 Å². The van der Waals surface area contributed by atoms with Gasteiger partial charge in [-0.1, -0.05) is 36.4 Å². The molecule has 5 rings (SSSR count). The predicted octanol–water partition coefficient (Wildman–Crippen LogP) is 4.07.